The smallest absolute Gasteiger partial charge is 0.328 e. The first-order valence-corrected chi connectivity index (χ1v) is 6.26. The molecule has 1 aliphatic heterocycles. The highest BCUT2D eigenvalue weighted by atomic mass is 19.4. The Labute approximate surface area is 105 Å². The standard InChI is InChI=1S/C13H17F3N2/c1-17-6-8-18(9-7-17)10-11-2-4-12(5-3-11)13(14,15)16/h2-5H,6-10H2,1H3/p+2. The van der Waals surface area contributed by atoms with Crippen molar-refractivity contribution in [2.75, 3.05) is 33.2 Å². The number of nitrogens with one attached hydrogen (secondary N) is 2. The first-order chi connectivity index (χ1) is 8.45. The number of piperazine rings is 1. The molecule has 1 aromatic carbocycles. The highest BCUT2D eigenvalue weighted by Crippen LogP contribution is 2.28. The van der Waals surface area contributed by atoms with E-state index in [1.165, 1.54) is 21.9 Å². The lowest BCUT2D eigenvalue weighted by molar-refractivity contribution is -1.01. The highest BCUT2D eigenvalue weighted by Gasteiger charge is 2.30. The summed E-state index contributed by atoms with van der Waals surface area (Å²) in [5.41, 5.74) is 0.418. The average Bonchev–Trinajstić information content (AvgIpc) is 2.32. The van der Waals surface area contributed by atoms with Crippen LogP contribution in [-0.2, 0) is 12.7 Å². The molecule has 0 aromatic heterocycles. The fraction of sp³-hybridized carbons (Fsp3) is 0.538. The van der Waals surface area contributed by atoms with Crippen LogP contribution >= 0.6 is 0 Å². The Hall–Kier alpha value is -1.07. The third kappa shape index (κ3) is 3.46. The van der Waals surface area contributed by atoms with E-state index in [-0.39, 0.29) is 0 Å². The van der Waals surface area contributed by atoms with Gasteiger partial charge in [-0.25, -0.2) is 0 Å². The van der Waals surface area contributed by atoms with Crippen LogP contribution in [0.1, 0.15) is 11.1 Å². The summed E-state index contributed by atoms with van der Waals surface area (Å²) < 4.78 is 37.2. The molecule has 18 heavy (non-hydrogen) atoms. The molecule has 2 rings (SSSR count). The van der Waals surface area contributed by atoms with E-state index in [1.807, 2.05) is 0 Å². The lowest BCUT2D eigenvalue weighted by atomic mass is 10.1. The minimum Gasteiger partial charge on any atom is -0.328 e. The van der Waals surface area contributed by atoms with Crippen LogP contribution in [-0.4, -0.2) is 33.2 Å². The maximum Gasteiger partial charge on any atom is 0.416 e. The van der Waals surface area contributed by atoms with E-state index in [1.54, 1.807) is 12.1 Å². The summed E-state index contributed by atoms with van der Waals surface area (Å²) in [6, 6.07) is 5.55. The minimum atomic E-state index is -4.23. The molecule has 0 spiro atoms. The molecule has 0 radical (unpaired) electrons. The molecule has 0 bridgehead atoms. The van der Waals surface area contributed by atoms with Crippen LogP contribution in [0, 0.1) is 0 Å². The van der Waals surface area contributed by atoms with Gasteiger partial charge in [-0.05, 0) is 12.1 Å². The Morgan fingerprint density at radius 3 is 2.06 bits per heavy atom. The Balaban J connectivity index is 1.94. The Morgan fingerprint density at radius 1 is 1.00 bits per heavy atom. The van der Waals surface area contributed by atoms with Crippen molar-refractivity contribution in [3.8, 4) is 0 Å². The van der Waals surface area contributed by atoms with Gasteiger partial charge in [0.15, 0.2) is 0 Å². The largest absolute Gasteiger partial charge is 0.416 e. The molecule has 0 saturated carbocycles. The number of likely N-dealkylation sites (N-methyl/N-ethyl adjacent to an activating group) is 1. The maximum absolute atomic E-state index is 12.4. The summed E-state index contributed by atoms with van der Waals surface area (Å²) in [5.74, 6) is 0. The van der Waals surface area contributed by atoms with Crippen LogP contribution < -0.4 is 9.80 Å². The van der Waals surface area contributed by atoms with Crippen LogP contribution in [0.15, 0.2) is 24.3 Å². The molecule has 2 N–H and O–H groups in total. The minimum absolute atomic E-state index is 0.566. The van der Waals surface area contributed by atoms with Gasteiger partial charge in [0.25, 0.3) is 0 Å². The average molecular weight is 260 g/mol. The SMILES string of the molecule is C[NH+]1CC[NH+](Cc2ccc(C(F)(F)F)cc2)CC1. The number of rotatable bonds is 2. The predicted molar refractivity (Wildman–Crippen MR) is 62.5 cm³/mol. The van der Waals surface area contributed by atoms with Gasteiger partial charge >= 0.3 is 6.18 Å². The van der Waals surface area contributed by atoms with Crippen LogP contribution in [0.25, 0.3) is 0 Å². The summed E-state index contributed by atoms with van der Waals surface area (Å²) in [4.78, 5) is 2.99. The van der Waals surface area contributed by atoms with Crippen molar-refractivity contribution in [3.05, 3.63) is 35.4 Å². The third-order valence-electron chi connectivity index (χ3n) is 3.55. The Kier molecular flexibility index (Phi) is 3.92. The first-order valence-electron chi connectivity index (χ1n) is 6.26. The van der Waals surface area contributed by atoms with Gasteiger partial charge < -0.3 is 9.80 Å². The molecule has 1 aromatic rings. The molecule has 0 amide bonds. The zero-order chi connectivity index (χ0) is 13.2. The summed E-state index contributed by atoms with van der Waals surface area (Å²) >= 11 is 0. The second-order valence-electron chi connectivity index (χ2n) is 5.08. The second-order valence-corrected chi connectivity index (χ2v) is 5.08. The molecule has 0 aliphatic carbocycles. The topological polar surface area (TPSA) is 8.88 Å². The van der Waals surface area contributed by atoms with Crippen molar-refractivity contribution >= 4 is 0 Å². The van der Waals surface area contributed by atoms with E-state index in [4.69, 9.17) is 0 Å². The number of hydrogen-bond acceptors (Lipinski definition) is 0. The number of alkyl halides is 3. The maximum atomic E-state index is 12.4. The van der Waals surface area contributed by atoms with E-state index in [0.717, 1.165) is 38.3 Å². The first kappa shape index (κ1) is 13.4. The van der Waals surface area contributed by atoms with E-state index >= 15 is 0 Å². The molecule has 0 atom stereocenters. The van der Waals surface area contributed by atoms with Gasteiger partial charge in [0.1, 0.15) is 32.7 Å². The van der Waals surface area contributed by atoms with Crippen LogP contribution in [0.4, 0.5) is 13.2 Å². The van der Waals surface area contributed by atoms with Gasteiger partial charge in [0, 0.05) is 5.56 Å². The van der Waals surface area contributed by atoms with Crippen LogP contribution in [0.2, 0.25) is 0 Å². The summed E-state index contributed by atoms with van der Waals surface area (Å²) in [5, 5.41) is 0. The van der Waals surface area contributed by atoms with E-state index in [9.17, 15) is 13.2 Å². The fourth-order valence-corrected chi connectivity index (χ4v) is 2.31. The summed E-state index contributed by atoms with van der Waals surface area (Å²) in [6.07, 6.45) is -4.23. The van der Waals surface area contributed by atoms with Gasteiger partial charge in [0.2, 0.25) is 0 Å². The Bertz CT molecular complexity index is 378. The third-order valence-corrected chi connectivity index (χ3v) is 3.55. The number of quaternary nitrogens is 2. The molecule has 0 unspecified atom stereocenters. The van der Waals surface area contributed by atoms with Crippen LogP contribution in [0.3, 0.4) is 0 Å². The monoisotopic (exact) mass is 260 g/mol. The predicted octanol–water partition coefficient (Wildman–Crippen LogP) is -0.381. The molecular formula is C13H19F3N2+2. The normalized spacial score (nSPS) is 25.1. The number of benzene rings is 1. The van der Waals surface area contributed by atoms with Gasteiger partial charge in [-0.1, -0.05) is 12.1 Å². The summed E-state index contributed by atoms with van der Waals surface area (Å²) in [7, 11) is 2.18. The van der Waals surface area contributed by atoms with E-state index in [2.05, 4.69) is 7.05 Å². The molecule has 1 fully saturated rings. The second kappa shape index (κ2) is 5.28. The number of halogens is 3. The molecule has 1 aliphatic rings. The van der Waals surface area contributed by atoms with E-state index < -0.39 is 11.7 Å². The van der Waals surface area contributed by atoms with Crippen molar-refractivity contribution in [1.82, 2.24) is 0 Å². The van der Waals surface area contributed by atoms with Crippen molar-refractivity contribution < 1.29 is 23.0 Å². The lowest BCUT2D eigenvalue weighted by Gasteiger charge is -2.27. The quantitative estimate of drug-likeness (QED) is 0.717. The van der Waals surface area contributed by atoms with Crippen LogP contribution in [0.5, 0.6) is 0 Å². The lowest BCUT2D eigenvalue weighted by Crippen LogP contribution is -3.26. The van der Waals surface area contributed by atoms with Gasteiger partial charge in [-0.3, -0.25) is 0 Å². The zero-order valence-corrected chi connectivity index (χ0v) is 10.5. The van der Waals surface area contributed by atoms with Crippen molar-refractivity contribution in [1.29, 1.82) is 0 Å². The molecule has 5 heteroatoms. The van der Waals surface area contributed by atoms with Crippen molar-refractivity contribution in [2.24, 2.45) is 0 Å². The molecule has 1 saturated heterocycles. The van der Waals surface area contributed by atoms with Gasteiger partial charge in [0.05, 0.1) is 12.6 Å². The van der Waals surface area contributed by atoms with Crippen molar-refractivity contribution in [2.45, 2.75) is 12.7 Å². The molecular weight excluding hydrogens is 241 g/mol. The highest BCUT2D eigenvalue weighted by molar-refractivity contribution is 5.23. The van der Waals surface area contributed by atoms with Crippen molar-refractivity contribution in [3.63, 3.8) is 0 Å². The fourth-order valence-electron chi connectivity index (χ4n) is 2.31. The Morgan fingerprint density at radius 2 is 1.56 bits per heavy atom. The van der Waals surface area contributed by atoms with Gasteiger partial charge in [-0.15, -0.1) is 0 Å². The zero-order valence-electron chi connectivity index (χ0n) is 10.5. The van der Waals surface area contributed by atoms with Gasteiger partial charge in [-0.2, -0.15) is 13.2 Å². The molecule has 2 nitrogen and oxygen atoms in total. The summed E-state index contributed by atoms with van der Waals surface area (Å²) in [6.45, 7) is 5.27. The molecule has 100 valence electrons. The molecule has 1 heterocycles. The van der Waals surface area contributed by atoms with E-state index in [0.29, 0.717) is 0 Å². The number of hydrogen-bond donors (Lipinski definition) is 2.